The lowest BCUT2D eigenvalue weighted by atomic mass is 10.0. The number of carboxylic acid groups (broad SMARTS) is 1. The van der Waals surface area contributed by atoms with Gasteiger partial charge in [0.25, 0.3) is 0 Å². The molecule has 0 unspecified atom stereocenters. The van der Waals surface area contributed by atoms with E-state index in [0.29, 0.717) is 13.0 Å². The van der Waals surface area contributed by atoms with Gasteiger partial charge in [-0.2, -0.15) is 5.10 Å². The van der Waals surface area contributed by atoms with Crippen LogP contribution in [0.25, 0.3) is 16.9 Å². The number of carboxylic acids is 1. The minimum atomic E-state index is -0.736. The maximum Gasteiger partial charge on any atom is 0.320 e. The molecule has 1 aromatic heterocycles. The van der Waals surface area contributed by atoms with E-state index in [9.17, 15) is 9.90 Å². The summed E-state index contributed by atoms with van der Waals surface area (Å²) in [6.45, 7) is 3.48. The summed E-state index contributed by atoms with van der Waals surface area (Å²) in [4.78, 5) is 13.6. The SMILES string of the molecule is Cc1ccccc1-c1nn(-c2ccccc2)cc1CN1CCC[C@H]1C(=O)O. The number of hydrogen-bond donors (Lipinski definition) is 1. The monoisotopic (exact) mass is 361 g/mol. The van der Waals surface area contributed by atoms with Crippen LogP contribution in [0.3, 0.4) is 0 Å². The van der Waals surface area contributed by atoms with Crippen LogP contribution in [0.1, 0.15) is 24.0 Å². The Morgan fingerprint density at radius 2 is 1.89 bits per heavy atom. The van der Waals surface area contributed by atoms with Crippen molar-refractivity contribution in [2.24, 2.45) is 0 Å². The van der Waals surface area contributed by atoms with Crippen LogP contribution in [0.4, 0.5) is 0 Å². The second-order valence-corrected chi connectivity index (χ2v) is 7.06. The third kappa shape index (κ3) is 3.51. The topological polar surface area (TPSA) is 58.4 Å². The van der Waals surface area contributed by atoms with Crippen molar-refractivity contribution < 1.29 is 9.90 Å². The summed E-state index contributed by atoms with van der Waals surface area (Å²) in [6.07, 6.45) is 3.67. The number of hydrogen-bond acceptors (Lipinski definition) is 3. The van der Waals surface area contributed by atoms with Crippen molar-refractivity contribution in [3.05, 3.63) is 71.9 Å². The Kier molecular flexibility index (Phi) is 4.77. The Morgan fingerprint density at radius 3 is 2.63 bits per heavy atom. The standard InChI is InChI=1S/C22H23N3O2/c1-16-8-5-6-11-19(16)21-17(14-24-13-7-12-20(24)22(26)27)15-25(23-21)18-9-3-2-4-10-18/h2-6,8-11,15,20H,7,12-14H2,1H3,(H,26,27)/t20-/m0/s1. The van der Waals surface area contributed by atoms with Crippen LogP contribution in [0.5, 0.6) is 0 Å². The molecule has 0 radical (unpaired) electrons. The quantitative estimate of drug-likeness (QED) is 0.749. The molecule has 1 saturated heterocycles. The third-order valence-electron chi connectivity index (χ3n) is 5.23. The predicted octanol–water partition coefficient (Wildman–Crippen LogP) is 3.90. The first-order valence-corrected chi connectivity index (χ1v) is 9.30. The summed E-state index contributed by atoms with van der Waals surface area (Å²) in [5.74, 6) is -0.736. The van der Waals surface area contributed by atoms with Crippen molar-refractivity contribution in [1.29, 1.82) is 0 Å². The molecule has 0 amide bonds. The maximum absolute atomic E-state index is 11.6. The van der Waals surface area contributed by atoms with Gasteiger partial charge in [0.05, 0.1) is 11.4 Å². The van der Waals surface area contributed by atoms with Crippen LogP contribution in [0.2, 0.25) is 0 Å². The van der Waals surface area contributed by atoms with E-state index in [4.69, 9.17) is 5.10 Å². The highest BCUT2D eigenvalue weighted by Crippen LogP contribution is 2.29. The summed E-state index contributed by atoms with van der Waals surface area (Å²) in [6, 6.07) is 17.8. The zero-order valence-electron chi connectivity index (χ0n) is 15.4. The second kappa shape index (κ2) is 7.37. The molecule has 1 aliphatic rings. The fraction of sp³-hybridized carbons (Fsp3) is 0.273. The first kappa shape index (κ1) is 17.5. The van der Waals surface area contributed by atoms with Crippen molar-refractivity contribution in [1.82, 2.24) is 14.7 Å². The Balaban J connectivity index is 1.76. The number of benzene rings is 2. The number of rotatable bonds is 5. The average Bonchev–Trinajstić information content (AvgIpc) is 3.31. The number of aliphatic carboxylic acids is 1. The molecule has 0 saturated carbocycles. The maximum atomic E-state index is 11.6. The van der Waals surface area contributed by atoms with Gasteiger partial charge in [-0.1, -0.05) is 42.5 Å². The van der Waals surface area contributed by atoms with Gasteiger partial charge < -0.3 is 5.11 Å². The summed E-state index contributed by atoms with van der Waals surface area (Å²) in [5.41, 5.74) is 5.23. The predicted molar refractivity (Wildman–Crippen MR) is 105 cm³/mol. The van der Waals surface area contributed by atoms with Crippen LogP contribution >= 0.6 is 0 Å². The summed E-state index contributed by atoms with van der Waals surface area (Å²) < 4.78 is 1.89. The highest BCUT2D eigenvalue weighted by molar-refractivity contribution is 5.74. The van der Waals surface area contributed by atoms with Crippen LogP contribution < -0.4 is 0 Å². The van der Waals surface area contributed by atoms with E-state index in [0.717, 1.165) is 41.0 Å². The molecule has 1 aliphatic heterocycles. The average molecular weight is 361 g/mol. The Bertz CT molecular complexity index is 949. The van der Waals surface area contributed by atoms with E-state index in [1.54, 1.807) is 0 Å². The zero-order chi connectivity index (χ0) is 18.8. The Hall–Kier alpha value is -2.92. The molecule has 27 heavy (non-hydrogen) atoms. The highest BCUT2D eigenvalue weighted by atomic mass is 16.4. The molecule has 1 N–H and O–H groups in total. The van der Waals surface area contributed by atoms with Crippen LogP contribution in [0.15, 0.2) is 60.8 Å². The zero-order valence-corrected chi connectivity index (χ0v) is 15.4. The fourth-order valence-electron chi connectivity index (χ4n) is 3.82. The van der Waals surface area contributed by atoms with E-state index in [1.807, 2.05) is 53.3 Å². The molecule has 5 nitrogen and oxygen atoms in total. The molecule has 0 spiro atoms. The van der Waals surface area contributed by atoms with Crippen molar-refractivity contribution in [3.63, 3.8) is 0 Å². The third-order valence-corrected chi connectivity index (χ3v) is 5.23. The lowest BCUT2D eigenvalue weighted by molar-refractivity contribution is -0.142. The first-order chi connectivity index (χ1) is 13.1. The van der Waals surface area contributed by atoms with E-state index in [2.05, 4.69) is 24.0 Å². The van der Waals surface area contributed by atoms with Gasteiger partial charge in [-0.15, -0.1) is 0 Å². The fourth-order valence-corrected chi connectivity index (χ4v) is 3.82. The molecule has 2 aromatic carbocycles. The van der Waals surface area contributed by atoms with Crippen molar-refractivity contribution in [3.8, 4) is 16.9 Å². The van der Waals surface area contributed by atoms with Gasteiger partial charge in [0.2, 0.25) is 0 Å². The molecule has 0 aliphatic carbocycles. The van der Waals surface area contributed by atoms with E-state index in [-0.39, 0.29) is 0 Å². The van der Waals surface area contributed by atoms with Crippen molar-refractivity contribution in [2.75, 3.05) is 6.54 Å². The molecule has 1 fully saturated rings. The lowest BCUT2D eigenvalue weighted by Crippen LogP contribution is -2.35. The molecular formula is C22H23N3O2. The summed E-state index contributed by atoms with van der Waals surface area (Å²) >= 11 is 0. The first-order valence-electron chi connectivity index (χ1n) is 9.30. The van der Waals surface area contributed by atoms with E-state index < -0.39 is 12.0 Å². The van der Waals surface area contributed by atoms with Crippen LogP contribution in [0, 0.1) is 6.92 Å². The van der Waals surface area contributed by atoms with Gasteiger partial charge in [-0.3, -0.25) is 9.69 Å². The van der Waals surface area contributed by atoms with Gasteiger partial charge in [-0.25, -0.2) is 4.68 Å². The normalized spacial score (nSPS) is 17.3. The highest BCUT2D eigenvalue weighted by Gasteiger charge is 2.31. The van der Waals surface area contributed by atoms with Gasteiger partial charge in [0, 0.05) is 23.9 Å². The molecular weight excluding hydrogens is 338 g/mol. The van der Waals surface area contributed by atoms with Crippen molar-refractivity contribution in [2.45, 2.75) is 32.4 Å². The molecule has 138 valence electrons. The lowest BCUT2D eigenvalue weighted by Gasteiger charge is -2.20. The molecule has 4 rings (SSSR count). The molecule has 1 atom stereocenters. The number of aryl methyl sites for hydroxylation is 1. The molecule has 2 heterocycles. The second-order valence-electron chi connectivity index (χ2n) is 7.06. The molecule has 0 bridgehead atoms. The number of aromatic nitrogens is 2. The minimum absolute atomic E-state index is 0.408. The Labute approximate surface area is 158 Å². The number of nitrogens with zero attached hydrogens (tertiary/aromatic N) is 3. The largest absolute Gasteiger partial charge is 0.480 e. The van der Waals surface area contributed by atoms with Gasteiger partial charge in [-0.05, 0) is 44.0 Å². The van der Waals surface area contributed by atoms with Gasteiger partial charge >= 0.3 is 5.97 Å². The molecule has 3 aromatic rings. The minimum Gasteiger partial charge on any atom is -0.480 e. The van der Waals surface area contributed by atoms with E-state index >= 15 is 0 Å². The molecule has 5 heteroatoms. The number of carbonyl (C=O) groups is 1. The van der Waals surface area contributed by atoms with Crippen LogP contribution in [-0.4, -0.2) is 38.3 Å². The van der Waals surface area contributed by atoms with Crippen molar-refractivity contribution >= 4 is 5.97 Å². The number of likely N-dealkylation sites (tertiary alicyclic amines) is 1. The summed E-state index contributed by atoms with van der Waals surface area (Å²) in [7, 11) is 0. The summed E-state index contributed by atoms with van der Waals surface area (Å²) in [5, 5.41) is 14.4. The Morgan fingerprint density at radius 1 is 1.15 bits per heavy atom. The number of para-hydroxylation sites is 1. The van der Waals surface area contributed by atoms with Gasteiger partial charge in [0.15, 0.2) is 0 Å². The smallest absolute Gasteiger partial charge is 0.320 e. The van der Waals surface area contributed by atoms with Gasteiger partial charge in [0.1, 0.15) is 6.04 Å². The van der Waals surface area contributed by atoms with E-state index in [1.165, 1.54) is 0 Å². The van der Waals surface area contributed by atoms with Crippen LogP contribution in [-0.2, 0) is 11.3 Å².